The molecule has 49 heavy (non-hydrogen) atoms. The third-order valence-electron chi connectivity index (χ3n) is 10.0. The summed E-state index contributed by atoms with van der Waals surface area (Å²) in [5, 5.41) is 6.15. The van der Waals surface area contributed by atoms with Gasteiger partial charge >= 0.3 is 0 Å². The van der Waals surface area contributed by atoms with Crippen molar-refractivity contribution in [2.24, 2.45) is 0 Å². The van der Waals surface area contributed by atoms with E-state index in [-0.39, 0.29) is 0 Å². The van der Waals surface area contributed by atoms with Crippen LogP contribution in [0.25, 0.3) is 77.0 Å². The summed E-state index contributed by atoms with van der Waals surface area (Å²) in [6.07, 6.45) is 1.89. The lowest BCUT2D eigenvalue weighted by Crippen LogP contribution is -2.11. The first kappa shape index (κ1) is 27.6. The quantitative estimate of drug-likeness (QED) is 0.190. The van der Waals surface area contributed by atoms with Gasteiger partial charge in [0.05, 0.1) is 16.9 Å². The van der Waals surface area contributed by atoms with Gasteiger partial charge in [-0.3, -0.25) is 4.98 Å². The van der Waals surface area contributed by atoms with E-state index in [0.717, 1.165) is 28.0 Å². The Balaban J connectivity index is 1.34. The molecule has 0 atom stereocenters. The molecule has 1 aliphatic rings. The van der Waals surface area contributed by atoms with Crippen LogP contribution in [-0.2, 0) is 0 Å². The molecule has 0 fully saturated rings. The highest BCUT2D eigenvalue weighted by Gasteiger charge is 2.32. The predicted molar refractivity (Wildman–Crippen MR) is 207 cm³/mol. The van der Waals surface area contributed by atoms with Crippen LogP contribution in [0.2, 0.25) is 0 Å². The topological polar surface area (TPSA) is 16.1 Å². The van der Waals surface area contributed by atoms with Gasteiger partial charge in [-0.15, -0.1) is 0 Å². The molecule has 1 heterocycles. The Morgan fingerprint density at radius 3 is 1.59 bits per heavy atom. The number of benzene rings is 8. The van der Waals surface area contributed by atoms with E-state index in [1.165, 1.54) is 66.1 Å². The molecule has 0 bridgehead atoms. The summed E-state index contributed by atoms with van der Waals surface area (Å²) in [6.45, 7) is 0. The third kappa shape index (κ3) is 4.17. The second-order valence-electron chi connectivity index (χ2n) is 12.7. The highest BCUT2D eigenvalue weighted by Crippen LogP contribution is 2.59. The summed E-state index contributed by atoms with van der Waals surface area (Å²) in [5.41, 5.74) is 14.4. The van der Waals surface area contributed by atoms with Crippen LogP contribution in [0.4, 0.5) is 17.1 Å². The summed E-state index contributed by atoms with van der Waals surface area (Å²) in [7, 11) is 0. The summed E-state index contributed by atoms with van der Waals surface area (Å²) in [5.74, 6) is 0. The van der Waals surface area contributed by atoms with E-state index < -0.39 is 0 Å². The van der Waals surface area contributed by atoms with Crippen molar-refractivity contribution in [2.75, 3.05) is 4.90 Å². The third-order valence-corrected chi connectivity index (χ3v) is 10.0. The number of fused-ring (bicyclic) bond motifs is 5. The van der Waals surface area contributed by atoms with Crippen LogP contribution in [0.15, 0.2) is 182 Å². The van der Waals surface area contributed by atoms with Gasteiger partial charge in [0, 0.05) is 22.7 Å². The Bertz CT molecular complexity index is 2600. The maximum Gasteiger partial charge on any atom is 0.0942 e. The van der Waals surface area contributed by atoms with Gasteiger partial charge in [-0.25, -0.2) is 0 Å². The summed E-state index contributed by atoms with van der Waals surface area (Å²) < 4.78 is 0. The van der Waals surface area contributed by atoms with Crippen molar-refractivity contribution in [3.63, 3.8) is 0 Å². The van der Waals surface area contributed by atoms with E-state index in [9.17, 15) is 0 Å². The van der Waals surface area contributed by atoms with Gasteiger partial charge in [0.25, 0.3) is 0 Å². The number of nitrogens with zero attached hydrogens (tertiary/aromatic N) is 2. The second kappa shape index (κ2) is 11.0. The molecule has 2 nitrogen and oxygen atoms in total. The van der Waals surface area contributed by atoms with Crippen LogP contribution in [0.1, 0.15) is 0 Å². The Kier molecular flexibility index (Phi) is 6.22. The molecule has 0 unspecified atom stereocenters. The highest BCUT2D eigenvalue weighted by molar-refractivity contribution is 6.29. The zero-order chi connectivity index (χ0) is 32.3. The van der Waals surface area contributed by atoms with E-state index in [0.29, 0.717) is 0 Å². The fraction of sp³-hybridized carbons (Fsp3) is 0. The number of hydrogen-bond donors (Lipinski definition) is 0. The Morgan fingerprint density at radius 2 is 0.918 bits per heavy atom. The summed E-state index contributed by atoms with van der Waals surface area (Å²) >= 11 is 0. The van der Waals surface area contributed by atoms with E-state index in [1.807, 2.05) is 12.3 Å². The minimum absolute atomic E-state index is 0.976. The first-order valence-electron chi connectivity index (χ1n) is 16.8. The van der Waals surface area contributed by atoms with Gasteiger partial charge in [0.15, 0.2) is 0 Å². The average molecular weight is 623 g/mol. The van der Waals surface area contributed by atoms with Crippen molar-refractivity contribution in [1.29, 1.82) is 0 Å². The SMILES string of the molecule is c1ccc(-c2c3c(c(-c4ccccc4)c4ccccc24)-c2ccc(N(c4ccccc4)c4cccc5cccnc45)c4cccc-3c24)cc1. The number of para-hydroxylation sites is 2. The van der Waals surface area contributed by atoms with Crippen molar-refractivity contribution in [1.82, 2.24) is 4.98 Å². The van der Waals surface area contributed by atoms with Gasteiger partial charge in [0.1, 0.15) is 0 Å². The lowest BCUT2D eigenvalue weighted by molar-refractivity contribution is 1.29. The zero-order valence-electron chi connectivity index (χ0n) is 26.7. The number of pyridine rings is 1. The molecular weight excluding hydrogens is 593 g/mol. The average Bonchev–Trinajstić information content (AvgIpc) is 3.50. The minimum Gasteiger partial charge on any atom is -0.308 e. The van der Waals surface area contributed by atoms with Crippen LogP contribution >= 0.6 is 0 Å². The van der Waals surface area contributed by atoms with Crippen LogP contribution < -0.4 is 4.90 Å². The zero-order valence-corrected chi connectivity index (χ0v) is 26.7. The van der Waals surface area contributed by atoms with Gasteiger partial charge in [0.2, 0.25) is 0 Å². The smallest absolute Gasteiger partial charge is 0.0942 e. The van der Waals surface area contributed by atoms with Crippen LogP contribution in [0.5, 0.6) is 0 Å². The maximum atomic E-state index is 4.89. The standard InChI is InChI=1S/C47H30N2/c1-4-15-31(16-5-1)42-35-23-10-11-24-36(35)43(32-17-6-2-7-18-32)46-39-28-29-40(37-25-13-26-38(44(37)39)45(42)46)49(34-21-8-3-9-22-34)41-27-12-19-33-20-14-30-48-47(33)41/h1-30H. The van der Waals surface area contributed by atoms with Crippen molar-refractivity contribution < 1.29 is 0 Å². The molecule has 2 heteroatoms. The predicted octanol–water partition coefficient (Wildman–Crippen LogP) is 13.0. The Hall–Kier alpha value is -6.51. The normalized spacial score (nSPS) is 11.7. The maximum absolute atomic E-state index is 4.89. The summed E-state index contributed by atoms with van der Waals surface area (Å²) in [6, 6.07) is 63.6. The van der Waals surface area contributed by atoms with E-state index in [1.54, 1.807) is 0 Å². The molecule has 0 N–H and O–H groups in total. The number of rotatable bonds is 5. The first-order chi connectivity index (χ1) is 24.4. The molecule has 10 rings (SSSR count). The van der Waals surface area contributed by atoms with Crippen molar-refractivity contribution in [2.45, 2.75) is 0 Å². The van der Waals surface area contributed by atoms with Gasteiger partial charge in [-0.2, -0.15) is 0 Å². The molecule has 9 aromatic rings. The van der Waals surface area contributed by atoms with Crippen molar-refractivity contribution in [3.05, 3.63) is 182 Å². The molecule has 1 aliphatic carbocycles. The second-order valence-corrected chi connectivity index (χ2v) is 12.7. The molecule has 8 aromatic carbocycles. The number of anilines is 3. The molecule has 0 spiro atoms. The molecule has 0 radical (unpaired) electrons. The molecule has 0 saturated heterocycles. The molecule has 228 valence electrons. The summed E-state index contributed by atoms with van der Waals surface area (Å²) in [4.78, 5) is 7.28. The van der Waals surface area contributed by atoms with E-state index in [4.69, 9.17) is 4.98 Å². The highest BCUT2D eigenvalue weighted by atomic mass is 15.1. The lowest BCUT2D eigenvalue weighted by Gasteiger charge is -2.28. The monoisotopic (exact) mass is 622 g/mol. The first-order valence-corrected chi connectivity index (χ1v) is 16.8. The van der Waals surface area contributed by atoms with E-state index in [2.05, 4.69) is 175 Å². The fourth-order valence-corrected chi connectivity index (χ4v) is 8.04. The van der Waals surface area contributed by atoms with Crippen LogP contribution in [0, 0.1) is 0 Å². The molecule has 1 aromatic heterocycles. The molecule has 0 aliphatic heterocycles. The molecule has 0 saturated carbocycles. The Morgan fingerprint density at radius 1 is 0.367 bits per heavy atom. The number of aromatic nitrogens is 1. The van der Waals surface area contributed by atoms with Crippen LogP contribution in [-0.4, -0.2) is 4.98 Å². The molecular formula is C47H30N2. The van der Waals surface area contributed by atoms with Crippen molar-refractivity contribution in [3.8, 4) is 44.5 Å². The van der Waals surface area contributed by atoms with Crippen LogP contribution in [0.3, 0.4) is 0 Å². The largest absolute Gasteiger partial charge is 0.308 e. The fourth-order valence-electron chi connectivity index (χ4n) is 8.04. The van der Waals surface area contributed by atoms with E-state index >= 15 is 0 Å². The van der Waals surface area contributed by atoms with Gasteiger partial charge in [-0.1, -0.05) is 146 Å². The Labute approximate surface area is 285 Å². The van der Waals surface area contributed by atoms with Gasteiger partial charge in [-0.05, 0) is 91.0 Å². The number of hydrogen-bond acceptors (Lipinski definition) is 2. The van der Waals surface area contributed by atoms with Crippen molar-refractivity contribution >= 4 is 49.5 Å². The minimum atomic E-state index is 0.976. The van der Waals surface area contributed by atoms with Gasteiger partial charge < -0.3 is 4.90 Å². The molecule has 0 amide bonds. The lowest BCUT2D eigenvalue weighted by atomic mass is 9.82.